The molecule has 0 aromatic carbocycles. The molecule has 2 aliphatic rings. The number of rotatable bonds is 2. The van der Waals surface area contributed by atoms with E-state index in [1.54, 1.807) is 6.33 Å². The smallest absolute Gasteiger partial charge is 0.225 e. The number of nitrogens with zero attached hydrogens (tertiary/aromatic N) is 3. The molecule has 1 saturated heterocycles. The number of carbonyl (C=O) groups is 1. The largest absolute Gasteiger partial charge is 0.342 e. The number of carbonyl (C=O) groups excluding carboxylic acids is 1. The van der Waals surface area contributed by atoms with Gasteiger partial charge in [0.15, 0.2) is 0 Å². The molecule has 22 heavy (non-hydrogen) atoms. The third kappa shape index (κ3) is 3.33. The zero-order chi connectivity index (χ0) is 15.7. The second-order valence-electron chi connectivity index (χ2n) is 8.08. The van der Waals surface area contributed by atoms with E-state index in [0.717, 1.165) is 44.6 Å². The molecule has 2 atom stereocenters. The first-order valence-corrected chi connectivity index (χ1v) is 8.59. The average molecular weight is 304 g/mol. The highest BCUT2D eigenvalue weighted by molar-refractivity contribution is 5.79. The highest BCUT2D eigenvalue weighted by atomic mass is 16.2. The second-order valence-corrected chi connectivity index (χ2v) is 8.08. The van der Waals surface area contributed by atoms with E-state index in [4.69, 9.17) is 0 Å². The van der Waals surface area contributed by atoms with Crippen LogP contribution < -0.4 is 0 Å². The summed E-state index contributed by atoms with van der Waals surface area (Å²) < 4.78 is 0. The van der Waals surface area contributed by atoms with Crippen molar-refractivity contribution in [1.82, 2.24) is 20.1 Å². The van der Waals surface area contributed by atoms with Gasteiger partial charge in [-0.3, -0.25) is 9.89 Å². The number of H-pyrrole nitrogens is 1. The summed E-state index contributed by atoms with van der Waals surface area (Å²) in [6.45, 7) is 8.61. The standard InChI is InChI=1S/C17H28N4O/c1-12-8-14(10-17(2,3)9-12)16(22)21-6-4-13(5-7-21)15-18-11-19-20-15/h11-14H,4-10H2,1-3H3,(H,18,19,20). The number of hydrogen-bond donors (Lipinski definition) is 1. The molecule has 0 radical (unpaired) electrons. The molecule has 1 aromatic rings. The quantitative estimate of drug-likeness (QED) is 0.913. The molecule has 5 nitrogen and oxygen atoms in total. The minimum Gasteiger partial charge on any atom is -0.342 e. The maximum atomic E-state index is 12.9. The Kier molecular flexibility index (Phi) is 4.24. The van der Waals surface area contributed by atoms with Crippen LogP contribution in [0, 0.1) is 17.3 Å². The first kappa shape index (κ1) is 15.5. The molecule has 2 unspecified atom stereocenters. The fourth-order valence-corrected chi connectivity index (χ4v) is 4.58. The van der Waals surface area contributed by atoms with Crippen LogP contribution in [0.15, 0.2) is 6.33 Å². The third-order valence-electron chi connectivity index (χ3n) is 5.36. The predicted octanol–water partition coefficient (Wildman–Crippen LogP) is 2.97. The number of piperidine rings is 1. The number of nitrogens with one attached hydrogen (secondary N) is 1. The molecule has 1 aliphatic carbocycles. The lowest BCUT2D eigenvalue weighted by molar-refractivity contribution is -0.139. The minimum absolute atomic E-state index is 0.223. The third-order valence-corrected chi connectivity index (χ3v) is 5.36. The van der Waals surface area contributed by atoms with E-state index in [-0.39, 0.29) is 5.92 Å². The Morgan fingerprint density at radius 2 is 2.05 bits per heavy atom. The maximum absolute atomic E-state index is 12.9. The molecule has 1 aliphatic heterocycles. The fraction of sp³-hybridized carbons (Fsp3) is 0.824. The summed E-state index contributed by atoms with van der Waals surface area (Å²) in [7, 11) is 0. The number of amides is 1. The highest BCUT2D eigenvalue weighted by Gasteiger charge is 2.38. The van der Waals surface area contributed by atoms with Gasteiger partial charge in [-0.15, -0.1) is 0 Å². The Morgan fingerprint density at radius 1 is 1.32 bits per heavy atom. The molecule has 0 spiro atoms. The number of aromatic amines is 1. The zero-order valence-corrected chi connectivity index (χ0v) is 14.0. The molecule has 122 valence electrons. The first-order valence-electron chi connectivity index (χ1n) is 8.59. The van der Waals surface area contributed by atoms with E-state index in [1.165, 1.54) is 6.42 Å². The Hall–Kier alpha value is -1.39. The lowest BCUT2D eigenvalue weighted by Gasteiger charge is -2.41. The lowest BCUT2D eigenvalue weighted by atomic mass is 9.67. The van der Waals surface area contributed by atoms with Gasteiger partial charge in [0.2, 0.25) is 5.91 Å². The summed E-state index contributed by atoms with van der Waals surface area (Å²) in [5.74, 6) is 2.66. The van der Waals surface area contributed by atoms with Crippen LogP contribution in [0.3, 0.4) is 0 Å². The van der Waals surface area contributed by atoms with Gasteiger partial charge in [0.1, 0.15) is 12.2 Å². The van der Waals surface area contributed by atoms with Crippen molar-refractivity contribution in [3.63, 3.8) is 0 Å². The molecule has 2 fully saturated rings. The minimum atomic E-state index is 0.223. The molecule has 1 saturated carbocycles. The molecular weight excluding hydrogens is 276 g/mol. The highest BCUT2D eigenvalue weighted by Crippen LogP contribution is 2.42. The average Bonchev–Trinajstić information content (AvgIpc) is 2.99. The predicted molar refractivity (Wildman–Crippen MR) is 85.2 cm³/mol. The topological polar surface area (TPSA) is 61.9 Å². The van der Waals surface area contributed by atoms with Crippen molar-refractivity contribution >= 4 is 5.91 Å². The molecule has 5 heteroatoms. The van der Waals surface area contributed by atoms with Gasteiger partial charge >= 0.3 is 0 Å². The van der Waals surface area contributed by atoms with Gasteiger partial charge in [0, 0.05) is 24.9 Å². The fourth-order valence-electron chi connectivity index (χ4n) is 4.58. The van der Waals surface area contributed by atoms with Gasteiger partial charge in [0.05, 0.1) is 0 Å². The SMILES string of the molecule is CC1CC(C(=O)N2CCC(c3ncn[nH]3)CC2)CC(C)(C)C1. The normalized spacial score (nSPS) is 29.5. The van der Waals surface area contributed by atoms with E-state index in [2.05, 4.69) is 40.9 Å². The molecular formula is C17H28N4O. The molecule has 0 bridgehead atoms. The van der Waals surface area contributed by atoms with E-state index >= 15 is 0 Å². The van der Waals surface area contributed by atoms with Crippen LogP contribution in [-0.4, -0.2) is 39.1 Å². The number of aromatic nitrogens is 3. The molecule has 1 N–H and O–H groups in total. The number of likely N-dealkylation sites (tertiary alicyclic amines) is 1. The summed E-state index contributed by atoms with van der Waals surface area (Å²) in [5.41, 5.74) is 0.302. The maximum Gasteiger partial charge on any atom is 0.225 e. The second kappa shape index (κ2) is 6.01. The van der Waals surface area contributed by atoms with Crippen molar-refractivity contribution in [3.05, 3.63) is 12.2 Å². The van der Waals surface area contributed by atoms with Crippen LogP contribution >= 0.6 is 0 Å². The van der Waals surface area contributed by atoms with E-state index in [9.17, 15) is 4.79 Å². The number of hydrogen-bond acceptors (Lipinski definition) is 3. The lowest BCUT2D eigenvalue weighted by Crippen LogP contribution is -2.44. The van der Waals surface area contributed by atoms with Gasteiger partial charge in [0.25, 0.3) is 0 Å². The van der Waals surface area contributed by atoms with Crippen LogP contribution in [0.1, 0.15) is 64.6 Å². The van der Waals surface area contributed by atoms with Crippen molar-refractivity contribution in [2.75, 3.05) is 13.1 Å². The van der Waals surface area contributed by atoms with Crippen molar-refractivity contribution in [2.45, 2.75) is 58.8 Å². The van der Waals surface area contributed by atoms with Crippen LogP contribution in [0.25, 0.3) is 0 Å². The Balaban J connectivity index is 1.58. The first-order chi connectivity index (χ1) is 10.4. The summed E-state index contributed by atoms with van der Waals surface area (Å²) >= 11 is 0. The Labute approximate surface area is 132 Å². The molecule has 2 heterocycles. The van der Waals surface area contributed by atoms with E-state index in [0.29, 0.717) is 23.2 Å². The van der Waals surface area contributed by atoms with Crippen molar-refractivity contribution in [2.24, 2.45) is 17.3 Å². The summed E-state index contributed by atoms with van der Waals surface area (Å²) in [4.78, 5) is 19.2. The van der Waals surface area contributed by atoms with Crippen LogP contribution in [0.5, 0.6) is 0 Å². The molecule has 1 amide bonds. The van der Waals surface area contributed by atoms with Crippen LogP contribution in [-0.2, 0) is 4.79 Å². The van der Waals surface area contributed by atoms with E-state index < -0.39 is 0 Å². The van der Waals surface area contributed by atoms with E-state index in [1.807, 2.05) is 0 Å². The zero-order valence-electron chi connectivity index (χ0n) is 14.0. The van der Waals surface area contributed by atoms with Gasteiger partial charge in [-0.05, 0) is 43.4 Å². The van der Waals surface area contributed by atoms with Crippen LogP contribution in [0.2, 0.25) is 0 Å². The summed E-state index contributed by atoms with van der Waals surface area (Å²) in [6, 6.07) is 0. The van der Waals surface area contributed by atoms with Crippen molar-refractivity contribution in [1.29, 1.82) is 0 Å². The Morgan fingerprint density at radius 3 is 2.64 bits per heavy atom. The van der Waals surface area contributed by atoms with Crippen molar-refractivity contribution in [3.8, 4) is 0 Å². The summed E-state index contributed by atoms with van der Waals surface area (Å²) in [6.07, 6.45) is 6.89. The van der Waals surface area contributed by atoms with Crippen LogP contribution in [0.4, 0.5) is 0 Å². The molecule has 3 rings (SSSR count). The Bertz CT molecular complexity index is 503. The summed E-state index contributed by atoms with van der Waals surface area (Å²) in [5, 5.41) is 6.90. The van der Waals surface area contributed by atoms with Gasteiger partial charge in [-0.1, -0.05) is 20.8 Å². The monoisotopic (exact) mass is 304 g/mol. The van der Waals surface area contributed by atoms with Gasteiger partial charge in [-0.2, -0.15) is 5.10 Å². The molecule has 1 aromatic heterocycles. The van der Waals surface area contributed by atoms with Gasteiger partial charge in [-0.25, -0.2) is 4.98 Å². The van der Waals surface area contributed by atoms with Gasteiger partial charge < -0.3 is 4.90 Å². The van der Waals surface area contributed by atoms with Crippen molar-refractivity contribution < 1.29 is 4.79 Å².